The van der Waals surface area contributed by atoms with Crippen LogP contribution >= 0.6 is 27.5 Å². The predicted octanol–water partition coefficient (Wildman–Crippen LogP) is 4.60. The third kappa shape index (κ3) is 2.54. The van der Waals surface area contributed by atoms with Gasteiger partial charge in [0.1, 0.15) is 10.8 Å². The Hall–Kier alpha value is -1.06. The quantitative estimate of drug-likeness (QED) is 0.808. The van der Waals surface area contributed by atoms with Crippen LogP contribution in [0.2, 0.25) is 5.02 Å². The fourth-order valence-electron chi connectivity index (χ4n) is 1.25. The molecule has 82 valence electrons. The van der Waals surface area contributed by atoms with Crippen LogP contribution in [0.5, 0.6) is 11.6 Å². The first-order valence-corrected chi connectivity index (χ1v) is 5.88. The van der Waals surface area contributed by atoms with Crippen LogP contribution in [-0.4, -0.2) is 4.98 Å². The van der Waals surface area contributed by atoms with Gasteiger partial charge in [0.2, 0.25) is 5.88 Å². The van der Waals surface area contributed by atoms with E-state index >= 15 is 0 Å². The molecule has 0 amide bonds. The number of pyridine rings is 1. The van der Waals surface area contributed by atoms with Gasteiger partial charge in [0.05, 0.1) is 0 Å². The monoisotopic (exact) mass is 297 g/mol. The molecule has 0 saturated carbocycles. The molecule has 0 atom stereocenters. The van der Waals surface area contributed by atoms with Crippen LogP contribution in [0.4, 0.5) is 0 Å². The van der Waals surface area contributed by atoms with Gasteiger partial charge in [-0.05, 0) is 40.5 Å². The van der Waals surface area contributed by atoms with Crippen molar-refractivity contribution >= 4 is 27.5 Å². The minimum Gasteiger partial charge on any atom is -0.437 e. The van der Waals surface area contributed by atoms with Gasteiger partial charge in [-0.15, -0.1) is 0 Å². The molecule has 2 aromatic rings. The lowest BCUT2D eigenvalue weighted by Gasteiger charge is -2.08. The number of rotatable bonds is 2. The van der Waals surface area contributed by atoms with Gasteiger partial charge in [0.25, 0.3) is 0 Å². The van der Waals surface area contributed by atoms with Crippen molar-refractivity contribution in [3.63, 3.8) is 0 Å². The van der Waals surface area contributed by atoms with Crippen molar-refractivity contribution in [3.8, 4) is 11.6 Å². The number of benzene rings is 1. The summed E-state index contributed by atoms with van der Waals surface area (Å²) in [5.41, 5.74) is 1.04. The fraction of sp³-hybridized carbons (Fsp3) is 0.0833. The van der Waals surface area contributed by atoms with Gasteiger partial charge in [-0.25, -0.2) is 4.98 Å². The molecule has 0 bridgehead atoms. The van der Waals surface area contributed by atoms with Crippen molar-refractivity contribution in [2.45, 2.75) is 6.92 Å². The van der Waals surface area contributed by atoms with Crippen LogP contribution < -0.4 is 4.74 Å². The van der Waals surface area contributed by atoms with E-state index in [-0.39, 0.29) is 0 Å². The Bertz CT molecular complexity index is 516. The average Bonchev–Trinajstić information content (AvgIpc) is 2.25. The highest BCUT2D eigenvalue weighted by Gasteiger charge is 2.06. The number of ether oxygens (including phenoxy) is 1. The van der Waals surface area contributed by atoms with Gasteiger partial charge in [-0.3, -0.25) is 0 Å². The van der Waals surface area contributed by atoms with E-state index in [4.69, 9.17) is 16.3 Å². The van der Waals surface area contributed by atoms with Crippen LogP contribution in [0.1, 0.15) is 5.56 Å². The highest BCUT2D eigenvalue weighted by molar-refractivity contribution is 9.10. The Balaban J connectivity index is 2.31. The van der Waals surface area contributed by atoms with E-state index in [1.165, 1.54) is 0 Å². The van der Waals surface area contributed by atoms with E-state index in [0.29, 0.717) is 10.9 Å². The Labute approximate surface area is 107 Å². The van der Waals surface area contributed by atoms with Gasteiger partial charge in [0.15, 0.2) is 0 Å². The molecule has 1 heterocycles. The highest BCUT2D eigenvalue weighted by Crippen LogP contribution is 2.30. The van der Waals surface area contributed by atoms with E-state index in [2.05, 4.69) is 20.9 Å². The van der Waals surface area contributed by atoms with Crippen LogP contribution in [0.15, 0.2) is 41.0 Å². The first kappa shape index (κ1) is 11.4. The van der Waals surface area contributed by atoms with Gasteiger partial charge < -0.3 is 4.74 Å². The number of hydrogen-bond acceptors (Lipinski definition) is 2. The number of para-hydroxylation sites is 1. The van der Waals surface area contributed by atoms with Gasteiger partial charge in [0, 0.05) is 10.7 Å². The van der Waals surface area contributed by atoms with E-state index < -0.39 is 0 Å². The molecule has 0 radical (unpaired) electrons. The van der Waals surface area contributed by atoms with Crippen molar-refractivity contribution in [2.75, 3.05) is 0 Å². The van der Waals surface area contributed by atoms with Crippen LogP contribution in [0, 0.1) is 6.92 Å². The number of hydrogen-bond donors (Lipinski definition) is 0. The zero-order valence-corrected chi connectivity index (χ0v) is 10.9. The van der Waals surface area contributed by atoms with Crippen molar-refractivity contribution in [3.05, 3.63) is 51.6 Å². The molecule has 0 aliphatic carbocycles. The number of nitrogens with zero attached hydrogens (tertiary/aromatic N) is 1. The summed E-state index contributed by atoms with van der Waals surface area (Å²) < 4.78 is 6.46. The average molecular weight is 299 g/mol. The largest absolute Gasteiger partial charge is 0.437 e. The van der Waals surface area contributed by atoms with Crippen molar-refractivity contribution in [2.24, 2.45) is 0 Å². The van der Waals surface area contributed by atoms with E-state index in [0.717, 1.165) is 15.8 Å². The fourth-order valence-corrected chi connectivity index (χ4v) is 1.92. The summed E-state index contributed by atoms with van der Waals surface area (Å²) >= 11 is 9.31. The molecule has 16 heavy (non-hydrogen) atoms. The highest BCUT2D eigenvalue weighted by atomic mass is 79.9. The summed E-state index contributed by atoms with van der Waals surface area (Å²) in [4.78, 5) is 4.11. The topological polar surface area (TPSA) is 22.1 Å². The molecule has 1 aromatic heterocycles. The summed E-state index contributed by atoms with van der Waals surface area (Å²) in [6, 6.07) is 9.48. The van der Waals surface area contributed by atoms with Crippen molar-refractivity contribution < 1.29 is 4.74 Å². The van der Waals surface area contributed by atoms with Crippen LogP contribution in [0.25, 0.3) is 0 Å². The van der Waals surface area contributed by atoms with Gasteiger partial charge >= 0.3 is 0 Å². The lowest BCUT2D eigenvalue weighted by atomic mass is 10.2. The normalized spacial score (nSPS) is 10.2. The van der Waals surface area contributed by atoms with Crippen LogP contribution in [-0.2, 0) is 0 Å². The summed E-state index contributed by atoms with van der Waals surface area (Å²) in [5, 5.41) is 0.484. The Morgan fingerprint density at radius 3 is 2.75 bits per heavy atom. The summed E-state index contributed by atoms with van der Waals surface area (Å²) in [7, 11) is 0. The molecule has 0 fully saturated rings. The number of halogens is 2. The second-order valence-electron chi connectivity index (χ2n) is 3.31. The molecule has 1 aromatic carbocycles. The lowest BCUT2D eigenvalue weighted by Crippen LogP contribution is -1.90. The molecular formula is C12H9BrClNO. The maximum Gasteiger partial charge on any atom is 0.238 e. The minimum absolute atomic E-state index is 0.416. The molecule has 2 rings (SSSR count). The molecule has 0 saturated heterocycles. The van der Waals surface area contributed by atoms with Crippen LogP contribution in [0.3, 0.4) is 0 Å². The minimum atomic E-state index is 0.416. The lowest BCUT2D eigenvalue weighted by molar-refractivity contribution is 0.459. The number of aryl methyl sites for hydroxylation is 1. The summed E-state index contributed by atoms with van der Waals surface area (Å²) in [6.45, 7) is 1.97. The molecule has 0 unspecified atom stereocenters. The molecule has 0 spiro atoms. The van der Waals surface area contributed by atoms with Gasteiger partial charge in [-0.1, -0.05) is 29.8 Å². The molecule has 0 aliphatic heterocycles. The Morgan fingerprint density at radius 2 is 2.06 bits per heavy atom. The summed E-state index contributed by atoms with van der Waals surface area (Å²) in [5.74, 6) is 1.18. The molecular weight excluding hydrogens is 289 g/mol. The smallest absolute Gasteiger partial charge is 0.238 e. The van der Waals surface area contributed by atoms with Crippen molar-refractivity contribution in [1.29, 1.82) is 0 Å². The maximum absolute atomic E-state index is 6.01. The third-order valence-electron chi connectivity index (χ3n) is 2.07. The Kier molecular flexibility index (Phi) is 3.46. The summed E-state index contributed by atoms with van der Waals surface area (Å²) in [6.07, 6.45) is 1.65. The third-order valence-corrected chi connectivity index (χ3v) is 2.78. The number of aromatic nitrogens is 1. The zero-order chi connectivity index (χ0) is 11.5. The first-order chi connectivity index (χ1) is 7.66. The SMILES string of the molecule is Cc1ccccc1Oc1ncc(Br)cc1Cl. The second-order valence-corrected chi connectivity index (χ2v) is 4.63. The van der Waals surface area contributed by atoms with Gasteiger partial charge in [-0.2, -0.15) is 0 Å². The van der Waals surface area contributed by atoms with E-state index in [1.54, 1.807) is 12.3 Å². The van der Waals surface area contributed by atoms with Crippen molar-refractivity contribution in [1.82, 2.24) is 4.98 Å². The standard InChI is InChI=1S/C12H9BrClNO/c1-8-4-2-3-5-11(8)16-12-10(14)6-9(13)7-15-12/h2-7H,1H3. The zero-order valence-electron chi connectivity index (χ0n) is 8.58. The first-order valence-electron chi connectivity index (χ1n) is 4.71. The Morgan fingerprint density at radius 1 is 1.31 bits per heavy atom. The maximum atomic E-state index is 6.01. The predicted molar refractivity (Wildman–Crippen MR) is 68.2 cm³/mol. The van der Waals surface area contributed by atoms with E-state index in [1.807, 2.05) is 31.2 Å². The molecule has 4 heteroatoms. The molecule has 2 nitrogen and oxygen atoms in total. The second kappa shape index (κ2) is 4.85. The molecule has 0 aliphatic rings. The van der Waals surface area contributed by atoms with E-state index in [9.17, 15) is 0 Å². The molecule has 0 N–H and O–H groups in total.